The lowest BCUT2D eigenvalue weighted by atomic mass is 9.85. The molecule has 4 atom stereocenters. The Morgan fingerprint density at radius 3 is 2.00 bits per heavy atom. The van der Waals surface area contributed by atoms with Crippen molar-refractivity contribution in [1.29, 1.82) is 0 Å². The summed E-state index contributed by atoms with van der Waals surface area (Å²) in [6.45, 7) is 0. The number of amides is 2. The van der Waals surface area contributed by atoms with Gasteiger partial charge in [-0.2, -0.15) is 0 Å². The summed E-state index contributed by atoms with van der Waals surface area (Å²) < 4.78 is 0. The van der Waals surface area contributed by atoms with E-state index in [4.69, 9.17) is 5.11 Å². The molecule has 5 heteroatoms. The van der Waals surface area contributed by atoms with E-state index in [2.05, 4.69) is 0 Å². The van der Waals surface area contributed by atoms with Crippen LogP contribution in [0.15, 0.2) is 36.4 Å². The van der Waals surface area contributed by atoms with Crippen LogP contribution in [0.4, 0.5) is 5.69 Å². The van der Waals surface area contributed by atoms with Crippen molar-refractivity contribution < 1.29 is 19.5 Å². The van der Waals surface area contributed by atoms with Gasteiger partial charge in [0.2, 0.25) is 11.8 Å². The van der Waals surface area contributed by atoms with E-state index in [9.17, 15) is 14.4 Å². The number of hydrogen-bond donors (Lipinski definition) is 1. The molecule has 1 heterocycles. The quantitative estimate of drug-likeness (QED) is 0.662. The third-order valence-electron chi connectivity index (χ3n) is 4.84. The number of carboxylic acid groups (broad SMARTS) is 1. The molecule has 1 N–H and O–H groups in total. The van der Waals surface area contributed by atoms with Crippen LogP contribution in [-0.4, -0.2) is 22.9 Å². The van der Waals surface area contributed by atoms with Gasteiger partial charge in [-0.1, -0.05) is 12.2 Å². The molecular formula is C16H13NO4. The second kappa shape index (κ2) is 4.04. The summed E-state index contributed by atoms with van der Waals surface area (Å²) in [7, 11) is 0. The normalized spacial score (nSPS) is 32.9. The number of imide groups is 1. The van der Waals surface area contributed by atoms with Crippen molar-refractivity contribution >= 4 is 23.5 Å². The number of benzene rings is 1. The van der Waals surface area contributed by atoms with Crippen molar-refractivity contribution in [3.8, 4) is 0 Å². The van der Waals surface area contributed by atoms with Gasteiger partial charge in [0.05, 0.1) is 23.1 Å². The van der Waals surface area contributed by atoms with E-state index in [-0.39, 0.29) is 41.0 Å². The Hall–Kier alpha value is -2.43. The summed E-state index contributed by atoms with van der Waals surface area (Å²) in [5.41, 5.74) is 0.601. The zero-order valence-electron chi connectivity index (χ0n) is 11.1. The number of carboxylic acids is 1. The molecule has 2 fully saturated rings. The van der Waals surface area contributed by atoms with Gasteiger partial charge in [-0.15, -0.1) is 0 Å². The molecule has 1 aromatic rings. The minimum Gasteiger partial charge on any atom is -0.478 e. The standard InChI is InChI=1S/C16H13NO4/c18-14-12-9-1-2-10(7-9)13(12)15(19)17(14)11-5-3-8(4-6-11)16(20)21/h1-6,9-10,12-13H,7H2,(H,20,21)/t9-,10+,12-,13-/m1/s1. The Morgan fingerprint density at radius 1 is 1.00 bits per heavy atom. The summed E-state index contributed by atoms with van der Waals surface area (Å²) in [6, 6.07) is 5.88. The summed E-state index contributed by atoms with van der Waals surface area (Å²) in [5, 5.41) is 8.90. The molecule has 0 aromatic heterocycles. The summed E-state index contributed by atoms with van der Waals surface area (Å²) in [4.78, 5) is 37.2. The van der Waals surface area contributed by atoms with Crippen LogP contribution >= 0.6 is 0 Å². The number of hydrogen-bond acceptors (Lipinski definition) is 3. The molecule has 1 aromatic carbocycles. The summed E-state index contributed by atoms with van der Waals surface area (Å²) in [5.74, 6) is -1.42. The third-order valence-corrected chi connectivity index (χ3v) is 4.84. The first-order valence-electron chi connectivity index (χ1n) is 6.97. The highest BCUT2D eigenvalue weighted by atomic mass is 16.4. The van der Waals surface area contributed by atoms with E-state index in [1.165, 1.54) is 29.2 Å². The van der Waals surface area contributed by atoms with Crippen LogP contribution in [0.2, 0.25) is 0 Å². The lowest BCUT2D eigenvalue weighted by Crippen LogP contribution is -2.32. The largest absolute Gasteiger partial charge is 0.478 e. The first-order valence-corrected chi connectivity index (χ1v) is 6.97. The molecule has 0 spiro atoms. The van der Waals surface area contributed by atoms with E-state index >= 15 is 0 Å². The average molecular weight is 283 g/mol. The fraction of sp³-hybridized carbons (Fsp3) is 0.312. The van der Waals surface area contributed by atoms with Crippen LogP contribution in [0, 0.1) is 23.7 Å². The molecule has 5 nitrogen and oxygen atoms in total. The van der Waals surface area contributed by atoms with Crippen LogP contribution in [0.5, 0.6) is 0 Å². The van der Waals surface area contributed by atoms with Gasteiger partial charge in [0.25, 0.3) is 0 Å². The van der Waals surface area contributed by atoms with Gasteiger partial charge < -0.3 is 5.11 Å². The van der Waals surface area contributed by atoms with Gasteiger partial charge in [0.1, 0.15) is 0 Å². The van der Waals surface area contributed by atoms with Gasteiger partial charge in [-0.05, 0) is 42.5 Å². The highest BCUT2D eigenvalue weighted by molar-refractivity contribution is 6.22. The zero-order chi connectivity index (χ0) is 14.7. The maximum Gasteiger partial charge on any atom is 0.335 e. The molecule has 4 rings (SSSR count). The molecule has 3 aliphatic rings. The number of nitrogens with zero attached hydrogens (tertiary/aromatic N) is 1. The monoisotopic (exact) mass is 283 g/mol. The van der Waals surface area contributed by atoms with Crippen LogP contribution < -0.4 is 4.90 Å². The van der Waals surface area contributed by atoms with Gasteiger partial charge in [-0.25, -0.2) is 4.79 Å². The number of carbonyl (C=O) groups is 3. The van der Waals surface area contributed by atoms with Crippen molar-refractivity contribution in [3.05, 3.63) is 42.0 Å². The van der Waals surface area contributed by atoms with Crippen LogP contribution in [0.3, 0.4) is 0 Å². The molecule has 0 radical (unpaired) electrons. The van der Waals surface area contributed by atoms with E-state index in [1.54, 1.807) is 0 Å². The topological polar surface area (TPSA) is 74.7 Å². The molecule has 2 aliphatic carbocycles. The maximum absolute atomic E-state index is 12.6. The smallest absolute Gasteiger partial charge is 0.335 e. The van der Waals surface area contributed by atoms with Crippen LogP contribution in [0.1, 0.15) is 16.8 Å². The van der Waals surface area contributed by atoms with Gasteiger partial charge in [0, 0.05) is 0 Å². The van der Waals surface area contributed by atoms with Gasteiger partial charge >= 0.3 is 5.97 Å². The molecule has 2 bridgehead atoms. The number of anilines is 1. The third kappa shape index (κ3) is 1.54. The molecular weight excluding hydrogens is 270 g/mol. The Balaban J connectivity index is 1.69. The number of allylic oxidation sites excluding steroid dienone is 2. The van der Waals surface area contributed by atoms with E-state index in [0.29, 0.717) is 5.69 Å². The minimum atomic E-state index is -1.03. The molecule has 0 unspecified atom stereocenters. The predicted molar refractivity (Wildman–Crippen MR) is 73.6 cm³/mol. The van der Waals surface area contributed by atoms with Gasteiger partial charge in [-0.3, -0.25) is 14.5 Å². The first-order chi connectivity index (χ1) is 10.1. The molecule has 21 heavy (non-hydrogen) atoms. The van der Waals surface area contributed by atoms with Crippen molar-refractivity contribution in [1.82, 2.24) is 0 Å². The Kier molecular flexibility index (Phi) is 2.37. The second-order valence-electron chi connectivity index (χ2n) is 5.86. The molecule has 2 amide bonds. The molecule has 106 valence electrons. The molecule has 1 aliphatic heterocycles. The summed E-state index contributed by atoms with van der Waals surface area (Å²) >= 11 is 0. The lowest BCUT2D eigenvalue weighted by Gasteiger charge is -2.17. The zero-order valence-corrected chi connectivity index (χ0v) is 11.1. The average Bonchev–Trinajstić information content (AvgIpc) is 3.13. The van der Waals surface area contributed by atoms with Gasteiger partial charge in [0.15, 0.2) is 0 Å². The minimum absolute atomic E-state index is 0.139. The second-order valence-corrected chi connectivity index (χ2v) is 5.86. The van der Waals surface area contributed by atoms with Crippen LogP contribution in [-0.2, 0) is 9.59 Å². The number of carbonyl (C=O) groups excluding carboxylic acids is 2. The van der Waals surface area contributed by atoms with Crippen LogP contribution in [0.25, 0.3) is 0 Å². The molecule has 1 saturated heterocycles. The Morgan fingerprint density at radius 2 is 1.52 bits per heavy atom. The first kappa shape index (κ1) is 12.3. The fourth-order valence-electron chi connectivity index (χ4n) is 3.91. The Bertz CT molecular complexity index is 661. The number of fused-ring (bicyclic) bond motifs is 5. The van der Waals surface area contributed by atoms with Crippen molar-refractivity contribution in [2.45, 2.75) is 6.42 Å². The van der Waals surface area contributed by atoms with Crippen molar-refractivity contribution in [3.63, 3.8) is 0 Å². The SMILES string of the molecule is O=C(O)c1ccc(N2C(=O)[C@H]3[C@H](C2=O)[C@H]2C=C[C@@H]3C2)cc1. The lowest BCUT2D eigenvalue weighted by molar-refractivity contribution is -0.123. The maximum atomic E-state index is 12.6. The summed E-state index contributed by atoms with van der Waals surface area (Å²) in [6.07, 6.45) is 5.00. The van der Waals surface area contributed by atoms with E-state index < -0.39 is 5.97 Å². The highest BCUT2D eigenvalue weighted by Gasteiger charge is 2.59. The van der Waals surface area contributed by atoms with E-state index in [1.807, 2.05) is 12.2 Å². The number of rotatable bonds is 2. The highest BCUT2D eigenvalue weighted by Crippen LogP contribution is 2.53. The van der Waals surface area contributed by atoms with E-state index in [0.717, 1.165) is 6.42 Å². The number of aromatic carboxylic acids is 1. The fourth-order valence-corrected chi connectivity index (χ4v) is 3.91. The molecule has 1 saturated carbocycles. The van der Waals surface area contributed by atoms with Crippen molar-refractivity contribution in [2.75, 3.05) is 4.90 Å². The predicted octanol–water partition coefficient (Wildman–Crippen LogP) is 1.70. The Labute approximate surface area is 120 Å². The van der Waals surface area contributed by atoms with Crippen molar-refractivity contribution in [2.24, 2.45) is 23.7 Å².